The van der Waals surface area contributed by atoms with E-state index >= 15 is 0 Å². The number of hydrogen-bond acceptors (Lipinski definition) is 5. The smallest absolute Gasteiger partial charge is 0.286 e. The number of amides is 1. The van der Waals surface area contributed by atoms with Gasteiger partial charge in [-0.15, -0.1) is 0 Å². The molecule has 0 bridgehead atoms. The van der Waals surface area contributed by atoms with E-state index in [4.69, 9.17) is 4.74 Å². The Labute approximate surface area is 182 Å². The molecule has 6 heteroatoms. The van der Waals surface area contributed by atoms with Gasteiger partial charge in [-0.1, -0.05) is 49.4 Å². The van der Waals surface area contributed by atoms with Crippen LogP contribution in [0.3, 0.4) is 0 Å². The summed E-state index contributed by atoms with van der Waals surface area (Å²) in [5, 5.41) is 0.827. The van der Waals surface area contributed by atoms with Crippen molar-refractivity contribution >= 4 is 28.9 Å². The van der Waals surface area contributed by atoms with Crippen molar-refractivity contribution in [2.75, 3.05) is 32.8 Å². The predicted octanol–water partition coefficient (Wildman–Crippen LogP) is 4.26. The van der Waals surface area contributed by atoms with E-state index in [1.165, 1.54) is 17.3 Å². The Morgan fingerprint density at radius 2 is 1.77 bits per heavy atom. The first kappa shape index (κ1) is 20.7. The molecular weight excluding hydrogens is 394 g/mol. The molecule has 4 rings (SSSR count). The molecule has 0 radical (unpaired) electrons. The van der Waals surface area contributed by atoms with Crippen LogP contribution in [0.2, 0.25) is 0 Å². The first-order chi connectivity index (χ1) is 14.7. The Morgan fingerprint density at radius 3 is 2.47 bits per heavy atom. The van der Waals surface area contributed by atoms with Crippen LogP contribution in [0.5, 0.6) is 5.75 Å². The first-order valence-electron chi connectivity index (χ1n) is 10.5. The second-order valence-electron chi connectivity index (χ2n) is 7.48. The zero-order chi connectivity index (χ0) is 20.8. The summed E-state index contributed by atoms with van der Waals surface area (Å²) < 4.78 is 5.62. The summed E-state index contributed by atoms with van der Waals surface area (Å²) in [7, 11) is 0. The van der Waals surface area contributed by atoms with Crippen LogP contribution in [-0.4, -0.2) is 53.7 Å². The van der Waals surface area contributed by atoms with E-state index in [0.717, 1.165) is 55.6 Å². The summed E-state index contributed by atoms with van der Waals surface area (Å²) in [6.45, 7) is 7.50. The summed E-state index contributed by atoms with van der Waals surface area (Å²) in [5.41, 5.74) is 2.32. The van der Waals surface area contributed by atoms with Crippen molar-refractivity contribution in [3.05, 3.63) is 70.6 Å². The van der Waals surface area contributed by atoms with E-state index in [9.17, 15) is 4.79 Å². The lowest BCUT2D eigenvalue weighted by Gasteiger charge is -2.35. The number of aliphatic imine (C=N–C) groups is 1. The number of carbonyl (C=O) groups is 1. The third-order valence-corrected chi connectivity index (χ3v) is 6.20. The van der Waals surface area contributed by atoms with Gasteiger partial charge in [0, 0.05) is 32.7 Å². The second-order valence-corrected chi connectivity index (χ2v) is 8.49. The molecule has 0 atom stereocenters. The highest BCUT2D eigenvalue weighted by Crippen LogP contribution is 2.31. The van der Waals surface area contributed by atoms with Crippen molar-refractivity contribution < 1.29 is 9.53 Å². The van der Waals surface area contributed by atoms with Crippen LogP contribution in [0.1, 0.15) is 24.5 Å². The van der Waals surface area contributed by atoms with Crippen molar-refractivity contribution in [1.29, 1.82) is 0 Å². The maximum absolute atomic E-state index is 12.4. The van der Waals surface area contributed by atoms with Gasteiger partial charge >= 0.3 is 0 Å². The Morgan fingerprint density at radius 1 is 1.03 bits per heavy atom. The third-order valence-electron chi connectivity index (χ3n) is 5.15. The molecule has 0 aliphatic carbocycles. The molecule has 2 aliphatic rings. The lowest BCUT2D eigenvalue weighted by Crippen LogP contribution is -2.47. The van der Waals surface area contributed by atoms with Crippen LogP contribution in [0.15, 0.2) is 64.5 Å². The molecule has 156 valence electrons. The fourth-order valence-corrected chi connectivity index (χ4v) is 4.47. The maximum atomic E-state index is 12.4. The van der Waals surface area contributed by atoms with E-state index in [1.54, 1.807) is 0 Å². The summed E-state index contributed by atoms with van der Waals surface area (Å²) in [4.78, 5) is 22.1. The summed E-state index contributed by atoms with van der Waals surface area (Å²) in [6.07, 6.45) is 2.90. The van der Waals surface area contributed by atoms with E-state index in [2.05, 4.69) is 46.0 Å². The van der Waals surface area contributed by atoms with E-state index < -0.39 is 0 Å². The molecule has 1 saturated heterocycles. The van der Waals surface area contributed by atoms with Gasteiger partial charge < -0.3 is 9.64 Å². The van der Waals surface area contributed by atoms with Crippen molar-refractivity contribution in [3.63, 3.8) is 0 Å². The molecule has 0 saturated carbocycles. The van der Waals surface area contributed by atoms with Crippen LogP contribution < -0.4 is 4.74 Å². The minimum Gasteiger partial charge on any atom is -0.494 e. The predicted molar refractivity (Wildman–Crippen MR) is 124 cm³/mol. The largest absolute Gasteiger partial charge is 0.494 e. The maximum Gasteiger partial charge on any atom is 0.286 e. The van der Waals surface area contributed by atoms with Gasteiger partial charge in [-0.05, 0) is 47.5 Å². The van der Waals surface area contributed by atoms with E-state index in [0.29, 0.717) is 11.5 Å². The second kappa shape index (κ2) is 9.96. The standard InChI is InChI=1S/C24H27N3O2S/c1-2-16-29-21-10-8-19(9-11-21)17-22-23(28)25-24(30-22)27-14-12-26(13-15-27)18-20-6-4-3-5-7-20/h3-11,17H,2,12-16,18H2,1H3. The highest BCUT2D eigenvalue weighted by Gasteiger charge is 2.28. The van der Waals surface area contributed by atoms with Gasteiger partial charge in [-0.2, -0.15) is 4.99 Å². The lowest BCUT2D eigenvalue weighted by atomic mass is 10.2. The molecule has 1 amide bonds. The van der Waals surface area contributed by atoms with Crippen molar-refractivity contribution in [3.8, 4) is 5.75 Å². The minimum atomic E-state index is -0.145. The molecular formula is C24H27N3O2S. The number of hydrogen-bond donors (Lipinski definition) is 0. The Balaban J connectivity index is 1.31. The molecule has 0 spiro atoms. The van der Waals surface area contributed by atoms with Crippen molar-refractivity contribution in [2.45, 2.75) is 19.9 Å². The van der Waals surface area contributed by atoms with Gasteiger partial charge in [0.05, 0.1) is 11.5 Å². The Hall–Kier alpha value is -2.57. The van der Waals surface area contributed by atoms with Gasteiger partial charge in [0.2, 0.25) is 0 Å². The molecule has 2 aromatic rings. The number of benzene rings is 2. The molecule has 2 aromatic carbocycles. The van der Waals surface area contributed by atoms with Crippen LogP contribution in [0.25, 0.3) is 6.08 Å². The van der Waals surface area contributed by atoms with E-state index in [-0.39, 0.29) is 5.91 Å². The summed E-state index contributed by atoms with van der Waals surface area (Å²) in [5.74, 6) is 0.711. The van der Waals surface area contributed by atoms with Crippen molar-refractivity contribution in [1.82, 2.24) is 9.80 Å². The van der Waals surface area contributed by atoms with Crippen LogP contribution >= 0.6 is 11.8 Å². The quantitative estimate of drug-likeness (QED) is 0.652. The van der Waals surface area contributed by atoms with Crippen molar-refractivity contribution in [2.24, 2.45) is 4.99 Å². The minimum absolute atomic E-state index is 0.145. The fraction of sp³-hybridized carbons (Fsp3) is 0.333. The zero-order valence-electron chi connectivity index (χ0n) is 17.3. The highest BCUT2D eigenvalue weighted by atomic mass is 32.2. The van der Waals surface area contributed by atoms with Gasteiger partial charge in [0.15, 0.2) is 5.17 Å². The SMILES string of the molecule is CCCOc1ccc(C=C2SC(N3CCN(Cc4ccccc4)CC3)=NC2=O)cc1. The van der Waals surface area contributed by atoms with Gasteiger partial charge in [0.25, 0.3) is 5.91 Å². The number of thioether (sulfide) groups is 1. The van der Waals surface area contributed by atoms with E-state index in [1.807, 2.05) is 36.4 Å². The van der Waals surface area contributed by atoms with Crippen LogP contribution in [0, 0.1) is 0 Å². The van der Waals surface area contributed by atoms with Gasteiger partial charge in [-0.25, -0.2) is 0 Å². The Bertz CT molecular complexity index is 917. The molecule has 1 fully saturated rings. The zero-order valence-corrected chi connectivity index (χ0v) is 18.1. The molecule has 0 aromatic heterocycles. The number of rotatable bonds is 6. The molecule has 0 N–H and O–H groups in total. The average molecular weight is 422 g/mol. The van der Waals surface area contributed by atoms with Gasteiger partial charge in [-0.3, -0.25) is 9.69 Å². The Kier molecular flexibility index (Phi) is 6.87. The number of carbonyl (C=O) groups excluding carboxylic acids is 1. The number of nitrogens with zero attached hydrogens (tertiary/aromatic N) is 3. The van der Waals surface area contributed by atoms with Crippen LogP contribution in [-0.2, 0) is 11.3 Å². The molecule has 30 heavy (non-hydrogen) atoms. The molecule has 5 nitrogen and oxygen atoms in total. The van der Waals surface area contributed by atoms with Gasteiger partial charge in [0.1, 0.15) is 5.75 Å². The normalized spacial score (nSPS) is 18.7. The lowest BCUT2D eigenvalue weighted by molar-refractivity contribution is -0.113. The highest BCUT2D eigenvalue weighted by molar-refractivity contribution is 8.18. The average Bonchev–Trinajstić information content (AvgIpc) is 3.14. The number of amidine groups is 1. The summed E-state index contributed by atoms with van der Waals surface area (Å²) >= 11 is 1.48. The van der Waals surface area contributed by atoms with Crippen LogP contribution in [0.4, 0.5) is 0 Å². The molecule has 2 aliphatic heterocycles. The third kappa shape index (κ3) is 5.32. The molecule has 2 heterocycles. The first-order valence-corrected chi connectivity index (χ1v) is 11.3. The number of ether oxygens (including phenoxy) is 1. The topological polar surface area (TPSA) is 45.1 Å². The fourth-order valence-electron chi connectivity index (χ4n) is 3.50. The monoisotopic (exact) mass is 421 g/mol. The summed E-state index contributed by atoms with van der Waals surface area (Å²) in [6, 6.07) is 18.4. The molecule has 0 unspecified atom stereocenters. The number of piperazine rings is 1.